The molecule has 0 aliphatic heterocycles. The molecule has 6 heteroatoms. The van der Waals surface area contributed by atoms with Gasteiger partial charge in [0.1, 0.15) is 0 Å². The molecule has 1 aliphatic rings. The van der Waals surface area contributed by atoms with E-state index in [0.29, 0.717) is 5.76 Å². The van der Waals surface area contributed by atoms with E-state index in [1.807, 2.05) is 42.5 Å². The second kappa shape index (κ2) is 8.31. The zero-order chi connectivity index (χ0) is 20.2. The Bertz CT molecular complexity index is 1010. The van der Waals surface area contributed by atoms with Gasteiger partial charge in [0, 0.05) is 18.7 Å². The fourth-order valence-corrected chi connectivity index (χ4v) is 3.72. The molecule has 0 N–H and O–H groups in total. The minimum absolute atomic E-state index is 0.00267. The average molecular weight is 390 g/mol. The maximum Gasteiger partial charge on any atom is 0.361 e. The number of ether oxygens (including phenoxy) is 1. The molecule has 0 radical (unpaired) electrons. The first-order chi connectivity index (χ1) is 14.1. The fraction of sp³-hybridized carbons (Fsp3) is 0.261. The molecule has 0 saturated carbocycles. The van der Waals surface area contributed by atoms with Gasteiger partial charge in [-0.3, -0.25) is 4.79 Å². The summed E-state index contributed by atoms with van der Waals surface area (Å²) in [5.74, 6) is -0.451. The van der Waals surface area contributed by atoms with Crippen LogP contribution in [0.3, 0.4) is 0 Å². The minimum Gasteiger partial charge on any atom is -0.451 e. The van der Waals surface area contributed by atoms with Gasteiger partial charge in [-0.05, 0) is 30.4 Å². The summed E-state index contributed by atoms with van der Waals surface area (Å²) in [6, 6.07) is 19.0. The number of amides is 1. The second-order valence-corrected chi connectivity index (χ2v) is 7.13. The monoisotopic (exact) mass is 390 g/mol. The molecular formula is C23H22N2O4. The van der Waals surface area contributed by atoms with E-state index in [2.05, 4.69) is 17.3 Å². The van der Waals surface area contributed by atoms with Crippen LogP contribution in [0.25, 0.3) is 11.3 Å². The molecule has 1 aliphatic carbocycles. The number of likely N-dealkylation sites (N-methyl/N-ethyl adjacent to an activating group) is 1. The summed E-state index contributed by atoms with van der Waals surface area (Å²) >= 11 is 0. The average Bonchev–Trinajstić information content (AvgIpc) is 3.27. The summed E-state index contributed by atoms with van der Waals surface area (Å²) in [6.07, 6.45) is 2.96. The van der Waals surface area contributed by atoms with Crippen molar-refractivity contribution in [2.75, 3.05) is 13.7 Å². The number of rotatable bonds is 5. The molecule has 0 saturated heterocycles. The lowest BCUT2D eigenvalue weighted by Crippen LogP contribution is -2.36. The van der Waals surface area contributed by atoms with Crippen LogP contribution in [0.1, 0.15) is 40.5 Å². The molecule has 29 heavy (non-hydrogen) atoms. The lowest BCUT2D eigenvalue weighted by atomic mass is 9.87. The van der Waals surface area contributed by atoms with E-state index >= 15 is 0 Å². The van der Waals surface area contributed by atoms with Gasteiger partial charge in [0.05, 0.1) is 6.04 Å². The Hall–Kier alpha value is -3.41. The molecule has 1 atom stereocenters. The number of aromatic nitrogens is 1. The van der Waals surface area contributed by atoms with E-state index in [4.69, 9.17) is 9.26 Å². The highest BCUT2D eigenvalue weighted by molar-refractivity contribution is 5.90. The van der Waals surface area contributed by atoms with Crippen LogP contribution in [0.15, 0.2) is 65.2 Å². The van der Waals surface area contributed by atoms with E-state index in [0.717, 1.165) is 24.8 Å². The van der Waals surface area contributed by atoms with Crippen molar-refractivity contribution in [1.29, 1.82) is 0 Å². The van der Waals surface area contributed by atoms with Gasteiger partial charge in [-0.2, -0.15) is 0 Å². The Labute approximate surface area is 169 Å². The van der Waals surface area contributed by atoms with E-state index in [9.17, 15) is 9.59 Å². The zero-order valence-corrected chi connectivity index (χ0v) is 16.2. The van der Waals surface area contributed by atoms with Crippen molar-refractivity contribution in [3.8, 4) is 11.3 Å². The third kappa shape index (κ3) is 4.06. The maximum absolute atomic E-state index is 12.6. The molecule has 0 fully saturated rings. The lowest BCUT2D eigenvalue weighted by molar-refractivity contribution is -0.135. The molecular weight excluding hydrogens is 368 g/mol. The van der Waals surface area contributed by atoms with Crippen molar-refractivity contribution in [2.45, 2.75) is 25.3 Å². The van der Waals surface area contributed by atoms with E-state index in [1.54, 1.807) is 11.9 Å². The van der Waals surface area contributed by atoms with Crippen LogP contribution in [0.5, 0.6) is 0 Å². The second-order valence-electron chi connectivity index (χ2n) is 7.13. The summed E-state index contributed by atoms with van der Waals surface area (Å²) in [7, 11) is 1.76. The summed E-state index contributed by atoms with van der Waals surface area (Å²) in [4.78, 5) is 26.6. The molecule has 1 aromatic heterocycles. The predicted molar refractivity (Wildman–Crippen MR) is 107 cm³/mol. The van der Waals surface area contributed by atoms with Gasteiger partial charge in [-0.15, -0.1) is 0 Å². The number of esters is 1. The number of nitrogens with zero attached hydrogens (tertiary/aromatic N) is 2. The molecule has 1 unspecified atom stereocenters. The molecule has 1 amide bonds. The molecule has 0 spiro atoms. The van der Waals surface area contributed by atoms with Gasteiger partial charge in [0.2, 0.25) is 0 Å². The summed E-state index contributed by atoms with van der Waals surface area (Å²) in [6.45, 7) is -0.332. The summed E-state index contributed by atoms with van der Waals surface area (Å²) < 4.78 is 10.4. The Morgan fingerprint density at radius 3 is 2.72 bits per heavy atom. The molecule has 2 aromatic carbocycles. The Morgan fingerprint density at radius 2 is 1.90 bits per heavy atom. The molecule has 0 bridgehead atoms. The van der Waals surface area contributed by atoms with Crippen LogP contribution < -0.4 is 0 Å². The van der Waals surface area contributed by atoms with Crippen molar-refractivity contribution in [3.05, 3.63) is 77.5 Å². The van der Waals surface area contributed by atoms with E-state index in [-0.39, 0.29) is 24.2 Å². The number of hydrogen-bond donors (Lipinski definition) is 0. The highest BCUT2D eigenvalue weighted by Gasteiger charge is 2.27. The Balaban J connectivity index is 1.37. The largest absolute Gasteiger partial charge is 0.451 e. The number of carbonyl (C=O) groups excluding carboxylic acids is 2. The lowest BCUT2D eigenvalue weighted by Gasteiger charge is -2.33. The molecule has 6 nitrogen and oxygen atoms in total. The molecule has 148 valence electrons. The fourth-order valence-electron chi connectivity index (χ4n) is 3.72. The Kier molecular flexibility index (Phi) is 5.42. The van der Waals surface area contributed by atoms with Crippen LogP contribution in [0, 0.1) is 0 Å². The van der Waals surface area contributed by atoms with Gasteiger partial charge in [-0.25, -0.2) is 4.79 Å². The first-order valence-electron chi connectivity index (χ1n) is 9.66. The van der Waals surface area contributed by atoms with Gasteiger partial charge in [-0.1, -0.05) is 59.8 Å². The van der Waals surface area contributed by atoms with Gasteiger partial charge in [0.25, 0.3) is 5.91 Å². The maximum atomic E-state index is 12.6. The van der Waals surface area contributed by atoms with Crippen molar-refractivity contribution >= 4 is 11.9 Å². The van der Waals surface area contributed by atoms with E-state index in [1.165, 1.54) is 17.2 Å². The van der Waals surface area contributed by atoms with Crippen LogP contribution in [-0.2, 0) is 16.0 Å². The van der Waals surface area contributed by atoms with Crippen molar-refractivity contribution in [2.24, 2.45) is 0 Å². The Morgan fingerprint density at radius 1 is 1.14 bits per heavy atom. The molecule has 1 heterocycles. The number of benzene rings is 2. The smallest absolute Gasteiger partial charge is 0.361 e. The predicted octanol–water partition coefficient (Wildman–Crippen LogP) is 4.03. The van der Waals surface area contributed by atoms with Gasteiger partial charge in [0.15, 0.2) is 18.1 Å². The SMILES string of the molecule is CN(C(=O)COC(=O)c1cc(-c2ccccc2)on1)C1CCCc2ccccc21. The zero-order valence-electron chi connectivity index (χ0n) is 16.2. The highest BCUT2D eigenvalue weighted by atomic mass is 16.5. The third-order valence-electron chi connectivity index (χ3n) is 5.30. The number of hydrogen-bond acceptors (Lipinski definition) is 5. The van der Waals surface area contributed by atoms with Crippen LogP contribution in [0.4, 0.5) is 0 Å². The first kappa shape index (κ1) is 18.9. The van der Waals surface area contributed by atoms with Crippen LogP contribution in [0.2, 0.25) is 0 Å². The van der Waals surface area contributed by atoms with Crippen LogP contribution >= 0.6 is 0 Å². The van der Waals surface area contributed by atoms with Crippen LogP contribution in [-0.4, -0.2) is 35.6 Å². The quantitative estimate of drug-likeness (QED) is 0.615. The molecule has 3 aromatic rings. The first-order valence-corrected chi connectivity index (χ1v) is 9.66. The third-order valence-corrected chi connectivity index (χ3v) is 5.30. The van der Waals surface area contributed by atoms with Crippen molar-refractivity contribution in [3.63, 3.8) is 0 Å². The normalized spacial score (nSPS) is 15.4. The number of aryl methyl sites for hydroxylation is 1. The summed E-state index contributed by atoms with van der Waals surface area (Å²) in [5, 5.41) is 3.76. The van der Waals surface area contributed by atoms with Gasteiger partial charge >= 0.3 is 5.97 Å². The van der Waals surface area contributed by atoms with Crippen molar-refractivity contribution < 1.29 is 18.8 Å². The van der Waals surface area contributed by atoms with Crippen molar-refractivity contribution in [1.82, 2.24) is 10.1 Å². The minimum atomic E-state index is -0.679. The highest BCUT2D eigenvalue weighted by Crippen LogP contribution is 2.33. The standard InChI is InChI=1S/C23H22N2O4/c1-25(20-13-7-11-16-8-5-6-12-18(16)20)22(26)15-28-23(27)19-14-21(29-24-19)17-9-3-2-4-10-17/h2-6,8-10,12,14,20H,7,11,13,15H2,1H3. The van der Waals surface area contributed by atoms with E-state index < -0.39 is 5.97 Å². The summed E-state index contributed by atoms with van der Waals surface area (Å²) in [5.41, 5.74) is 3.30. The molecule has 4 rings (SSSR count). The topological polar surface area (TPSA) is 72.6 Å². The number of carbonyl (C=O) groups is 2. The van der Waals surface area contributed by atoms with Gasteiger partial charge < -0.3 is 14.2 Å². The number of fused-ring (bicyclic) bond motifs is 1.